The predicted octanol–water partition coefficient (Wildman–Crippen LogP) is 0.903. The number of carbonyl (C=O) groups excluding carboxylic acids is 1. The van der Waals surface area contributed by atoms with Crippen molar-refractivity contribution in [1.29, 1.82) is 0 Å². The second-order valence-corrected chi connectivity index (χ2v) is 5.88. The van der Waals surface area contributed by atoms with Gasteiger partial charge in [0.1, 0.15) is 5.69 Å². The van der Waals surface area contributed by atoms with E-state index < -0.39 is 0 Å². The second kappa shape index (κ2) is 9.24. The Morgan fingerprint density at radius 1 is 1.28 bits per heavy atom. The zero-order valence-corrected chi connectivity index (χ0v) is 14.2. The van der Waals surface area contributed by atoms with Gasteiger partial charge >= 0.3 is 0 Å². The molecule has 1 amide bonds. The maximum Gasteiger partial charge on any atom is 0.227 e. The molecule has 1 N–H and O–H groups in total. The molecule has 1 aliphatic heterocycles. The fourth-order valence-corrected chi connectivity index (χ4v) is 2.62. The first-order valence-corrected chi connectivity index (χ1v) is 8.62. The molecule has 134 valence electrons. The lowest BCUT2D eigenvalue weighted by Gasteiger charge is -2.26. The highest BCUT2D eigenvalue weighted by atomic mass is 16.5. The molecule has 0 radical (unpaired) electrons. The van der Waals surface area contributed by atoms with Crippen LogP contribution in [0.25, 0.3) is 11.5 Å². The van der Waals surface area contributed by atoms with Crippen LogP contribution < -0.4 is 5.32 Å². The third-order valence-corrected chi connectivity index (χ3v) is 4.00. The van der Waals surface area contributed by atoms with Gasteiger partial charge in [0.05, 0.1) is 13.2 Å². The number of rotatable bonds is 8. The van der Waals surface area contributed by atoms with Crippen LogP contribution in [0.15, 0.2) is 28.9 Å². The summed E-state index contributed by atoms with van der Waals surface area (Å²) in [7, 11) is 0. The third kappa shape index (κ3) is 5.61. The number of pyridine rings is 1. The Morgan fingerprint density at radius 2 is 2.16 bits per heavy atom. The molecule has 1 saturated heterocycles. The minimum absolute atomic E-state index is 0.000404. The first-order chi connectivity index (χ1) is 12.3. The van der Waals surface area contributed by atoms with E-state index in [-0.39, 0.29) is 5.91 Å². The molecule has 1 aliphatic rings. The summed E-state index contributed by atoms with van der Waals surface area (Å²) in [5.74, 6) is 0.894. The van der Waals surface area contributed by atoms with Gasteiger partial charge in [-0.05, 0) is 25.1 Å². The maximum absolute atomic E-state index is 11.9. The van der Waals surface area contributed by atoms with Crippen LogP contribution in [0.2, 0.25) is 0 Å². The molecule has 2 aromatic heterocycles. The van der Waals surface area contributed by atoms with E-state index in [0.29, 0.717) is 36.8 Å². The summed E-state index contributed by atoms with van der Waals surface area (Å²) in [4.78, 5) is 22.7. The van der Waals surface area contributed by atoms with Crippen molar-refractivity contribution in [1.82, 2.24) is 25.3 Å². The summed E-state index contributed by atoms with van der Waals surface area (Å²) in [6.07, 6.45) is 3.38. The lowest BCUT2D eigenvalue weighted by Crippen LogP contribution is -2.38. The van der Waals surface area contributed by atoms with E-state index in [2.05, 4.69) is 25.3 Å². The maximum atomic E-state index is 11.9. The molecule has 8 heteroatoms. The van der Waals surface area contributed by atoms with E-state index in [1.54, 1.807) is 6.20 Å². The van der Waals surface area contributed by atoms with Gasteiger partial charge in [0, 0.05) is 38.7 Å². The molecule has 0 spiro atoms. The second-order valence-electron chi connectivity index (χ2n) is 5.88. The van der Waals surface area contributed by atoms with Crippen LogP contribution in [0.1, 0.15) is 18.7 Å². The van der Waals surface area contributed by atoms with Crippen LogP contribution in [-0.4, -0.2) is 65.3 Å². The number of nitrogens with one attached hydrogen (secondary N) is 1. The average Bonchev–Trinajstić information content (AvgIpc) is 3.14. The number of hydrogen-bond donors (Lipinski definition) is 1. The number of nitrogens with zero attached hydrogens (tertiary/aromatic N) is 4. The zero-order chi connectivity index (χ0) is 17.3. The van der Waals surface area contributed by atoms with Crippen LogP contribution in [0.5, 0.6) is 0 Å². The molecule has 8 nitrogen and oxygen atoms in total. The number of ether oxygens (including phenoxy) is 1. The topological polar surface area (TPSA) is 93.4 Å². The summed E-state index contributed by atoms with van der Waals surface area (Å²) in [6, 6.07) is 5.51. The van der Waals surface area contributed by atoms with Gasteiger partial charge in [-0.25, -0.2) is 0 Å². The number of morpholine rings is 1. The molecule has 3 rings (SSSR count). The lowest BCUT2D eigenvalue weighted by atomic mass is 10.3. The summed E-state index contributed by atoms with van der Waals surface area (Å²) >= 11 is 0. The third-order valence-electron chi connectivity index (χ3n) is 4.00. The minimum atomic E-state index is -0.000404. The molecule has 0 atom stereocenters. The number of aromatic nitrogens is 3. The number of hydrogen-bond acceptors (Lipinski definition) is 7. The van der Waals surface area contributed by atoms with E-state index in [0.717, 1.165) is 39.3 Å². The largest absolute Gasteiger partial charge is 0.379 e. The molecular formula is C17H23N5O3. The van der Waals surface area contributed by atoms with E-state index >= 15 is 0 Å². The van der Waals surface area contributed by atoms with E-state index in [1.807, 2.05) is 18.2 Å². The van der Waals surface area contributed by atoms with Crippen molar-refractivity contribution in [3.05, 3.63) is 30.3 Å². The number of carbonyl (C=O) groups is 1. The van der Waals surface area contributed by atoms with Crippen molar-refractivity contribution >= 4 is 5.91 Å². The molecule has 1 fully saturated rings. The summed E-state index contributed by atoms with van der Waals surface area (Å²) in [5.41, 5.74) is 0.657. The smallest absolute Gasteiger partial charge is 0.227 e. The molecule has 0 unspecified atom stereocenters. The predicted molar refractivity (Wildman–Crippen MR) is 90.7 cm³/mol. The fourth-order valence-electron chi connectivity index (χ4n) is 2.62. The normalized spacial score (nSPS) is 15.2. The quantitative estimate of drug-likeness (QED) is 0.711. The standard InChI is InChI=1S/C17H23N5O3/c23-15(19-8-3-9-22-10-12-24-13-11-22)5-6-16-20-17(21-25-16)14-4-1-2-7-18-14/h1-2,4,7H,3,5-6,8-13H2,(H,19,23). The van der Waals surface area contributed by atoms with Gasteiger partial charge in [-0.1, -0.05) is 11.2 Å². The monoisotopic (exact) mass is 345 g/mol. The van der Waals surface area contributed by atoms with Gasteiger partial charge in [-0.2, -0.15) is 4.98 Å². The van der Waals surface area contributed by atoms with Crippen LogP contribution in [0.4, 0.5) is 0 Å². The van der Waals surface area contributed by atoms with Crippen molar-refractivity contribution in [3.63, 3.8) is 0 Å². The van der Waals surface area contributed by atoms with Gasteiger partial charge < -0.3 is 14.6 Å². The summed E-state index contributed by atoms with van der Waals surface area (Å²) in [5, 5.41) is 6.83. The molecule has 2 aromatic rings. The molecule has 3 heterocycles. The number of aryl methyl sites for hydroxylation is 1. The van der Waals surface area contributed by atoms with Gasteiger partial charge in [0.15, 0.2) is 0 Å². The van der Waals surface area contributed by atoms with E-state index in [1.165, 1.54) is 0 Å². The van der Waals surface area contributed by atoms with Crippen molar-refractivity contribution in [2.75, 3.05) is 39.4 Å². The first kappa shape index (κ1) is 17.5. The van der Waals surface area contributed by atoms with Crippen LogP contribution in [-0.2, 0) is 16.0 Å². The zero-order valence-electron chi connectivity index (χ0n) is 14.2. The van der Waals surface area contributed by atoms with E-state index in [9.17, 15) is 4.79 Å². The molecule has 0 aliphatic carbocycles. The molecule has 0 aromatic carbocycles. The summed E-state index contributed by atoms with van der Waals surface area (Å²) in [6.45, 7) is 5.22. The Balaban J connectivity index is 1.33. The van der Waals surface area contributed by atoms with Gasteiger partial charge in [0.2, 0.25) is 17.6 Å². The molecular weight excluding hydrogens is 322 g/mol. The van der Waals surface area contributed by atoms with Gasteiger partial charge in [-0.3, -0.25) is 14.7 Å². The SMILES string of the molecule is O=C(CCc1nc(-c2ccccn2)no1)NCCCN1CCOCC1. The van der Waals surface area contributed by atoms with Crippen molar-refractivity contribution in [3.8, 4) is 11.5 Å². The van der Waals surface area contributed by atoms with Crippen LogP contribution in [0, 0.1) is 0 Å². The van der Waals surface area contributed by atoms with Crippen LogP contribution >= 0.6 is 0 Å². The van der Waals surface area contributed by atoms with Crippen molar-refractivity contribution < 1.29 is 14.1 Å². The summed E-state index contributed by atoms with van der Waals surface area (Å²) < 4.78 is 10.5. The molecule has 0 saturated carbocycles. The first-order valence-electron chi connectivity index (χ1n) is 8.62. The molecule has 0 bridgehead atoms. The van der Waals surface area contributed by atoms with Crippen molar-refractivity contribution in [2.45, 2.75) is 19.3 Å². The van der Waals surface area contributed by atoms with Gasteiger partial charge in [-0.15, -0.1) is 0 Å². The Labute approximate surface area is 146 Å². The lowest BCUT2D eigenvalue weighted by molar-refractivity contribution is -0.121. The van der Waals surface area contributed by atoms with E-state index in [4.69, 9.17) is 9.26 Å². The minimum Gasteiger partial charge on any atom is -0.379 e. The molecule has 25 heavy (non-hydrogen) atoms. The Kier molecular flexibility index (Phi) is 6.47. The highest BCUT2D eigenvalue weighted by Crippen LogP contribution is 2.12. The Morgan fingerprint density at radius 3 is 2.96 bits per heavy atom. The van der Waals surface area contributed by atoms with Crippen molar-refractivity contribution in [2.24, 2.45) is 0 Å². The average molecular weight is 345 g/mol. The van der Waals surface area contributed by atoms with Gasteiger partial charge in [0.25, 0.3) is 0 Å². The Bertz CT molecular complexity index is 655. The highest BCUT2D eigenvalue weighted by Gasteiger charge is 2.12. The van der Waals surface area contributed by atoms with Crippen LogP contribution in [0.3, 0.4) is 0 Å². The highest BCUT2D eigenvalue weighted by molar-refractivity contribution is 5.75. The number of amides is 1. The fraction of sp³-hybridized carbons (Fsp3) is 0.529. The Hall–Kier alpha value is -2.32.